The number of ether oxygens (including phenoxy) is 2. The highest BCUT2D eigenvalue weighted by atomic mass is 16.5. The second-order valence-electron chi connectivity index (χ2n) is 7.12. The first-order valence-corrected chi connectivity index (χ1v) is 9.03. The van der Waals surface area contributed by atoms with Crippen LogP contribution in [0.1, 0.15) is 15.9 Å². The van der Waals surface area contributed by atoms with Gasteiger partial charge < -0.3 is 24.0 Å². The Balaban J connectivity index is 2.32. The van der Waals surface area contributed by atoms with Gasteiger partial charge >= 0.3 is 5.97 Å². The maximum absolute atomic E-state index is 12.6. The zero-order valence-electron chi connectivity index (χ0n) is 17.1. The van der Waals surface area contributed by atoms with Gasteiger partial charge in [0.1, 0.15) is 11.5 Å². The van der Waals surface area contributed by atoms with Crippen molar-refractivity contribution in [2.45, 2.75) is 6.54 Å². The van der Waals surface area contributed by atoms with Crippen molar-refractivity contribution in [3.05, 3.63) is 58.0 Å². The van der Waals surface area contributed by atoms with Crippen LogP contribution in [0.5, 0.6) is 11.5 Å². The van der Waals surface area contributed by atoms with Crippen molar-refractivity contribution in [1.29, 1.82) is 0 Å². The minimum absolute atomic E-state index is 0.0724. The number of benzene rings is 2. The van der Waals surface area contributed by atoms with Gasteiger partial charge in [-0.2, -0.15) is 0 Å². The van der Waals surface area contributed by atoms with E-state index in [1.54, 1.807) is 33.5 Å². The molecule has 0 unspecified atom stereocenters. The molecule has 152 valence electrons. The monoisotopic (exact) mass is 396 g/mol. The van der Waals surface area contributed by atoms with Crippen molar-refractivity contribution in [3.63, 3.8) is 0 Å². The molecule has 1 heterocycles. The summed E-state index contributed by atoms with van der Waals surface area (Å²) in [6, 6.07) is 8.40. The number of nitrogens with zero attached hydrogens (tertiary/aromatic N) is 2. The van der Waals surface area contributed by atoms with Crippen LogP contribution in [-0.4, -0.2) is 48.9 Å². The summed E-state index contributed by atoms with van der Waals surface area (Å²) in [4.78, 5) is 26.0. The van der Waals surface area contributed by atoms with Crippen molar-refractivity contribution in [2.24, 2.45) is 7.05 Å². The van der Waals surface area contributed by atoms with Gasteiger partial charge in [-0.25, -0.2) is 4.79 Å². The van der Waals surface area contributed by atoms with Crippen molar-refractivity contribution in [2.75, 3.05) is 28.3 Å². The van der Waals surface area contributed by atoms with E-state index < -0.39 is 5.97 Å². The van der Waals surface area contributed by atoms with E-state index in [4.69, 9.17) is 9.47 Å². The number of methoxy groups -OCH3 is 2. The number of carboxylic acids is 1. The van der Waals surface area contributed by atoms with Crippen molar-refractivity contribution in [3.8, 4) is 22.6 Å². The average molecular weight is 396 g/mol. The van der Waals surface area contributed by atoms with Crippen molar-refractivity contribution >= 4 is 16.7 Å². The fourth-order valence-electron chi connectivity index (χ4n) is 3.44. The van der Waals surface area contributed by atoms with E-state index in [1.165, 1.54) is 16.7 Å². The van der Waals surface area contributed by atoms with E-state index in [1.807, 2.05) is 31.1 Å². The Morgan fingerprint density at radius 3 is 2.21 bits per heavy atom. The Morgan fingerprint density at radius 1 is 1.07 bits per heavy atom. The second-order valence-corrected chi connectivity index (χ2v) is 7.12. The number of hydrogen-bond acceptors (Lipinski definition) is 5. The summed E-state index contributed by atoms with van der Waals surface area (Å²) < 4.78 is 12.7. The maximum Gasteiger partial charge on any atom is 0.335 e. The lowest BCUT2D eigenvalue weighted by Crippen LogP contribution is -2.17. The van der Waals surface area contributed by atoms with Gasteiger partial charge in [0.15, 0.2) is 0 Å². The zero-order chi connectivity index (χ0) is 21.3. The van der Waals surface area contributed by atoms with Crippen LogP contribution in [0.15, 0.2) is 41.3 Å². The van der Waals surface area contributed by atoms with E-state index >= 15 is 0 Å². The molecule has 0 radical (unpaired) electrons. The Kier molecular flexibility index (Phi) is 5.61. The molecule has 7 heteroatoms. The van der Waals surface area contributed by atoms with Crippen LogP contribution in [0.3, 0.4) is 0 Å². The molecule has 0 amide bonds. The molecule has 3 rings (SSSR count). The number of aryl methyl sites for hydroxylation is 1. The molecule has 0 saturated heterocycles. The first kappa shape index (κ1) is 20.4. The largest absolute Gasteiger partial charge is 0.496 e. The van der Waals surface area contributed by atoms with Crippen LogP contribution in [-0.2, 0) is 13.6 Å². The number of rotatable bonds is 6. The number of carbonyl (C=O) groups is 1. The summed E-state index contributed by atoms with van der Waals surface area (Å²) >= 11 is 0. The molecular formula is C22H24N2O5. The van der Waals surface area contributed by atoms with Gasteiger partial charge in [-0.1, -0.05) is 6.07 Å². The maximum atomic E-state index is 12.6. The van der Waals surface area contributed by atoms with Crippen LogP contribution >= 0.6 is 0 Å². The molecule has 2 aromatic carbocycles. The minimum Gasteiger partial charge on any atom is -0.496 e. The topological polar surface area (TPSA) is 81.0 Å². The number of hydrogen-bond donors (Lipinski definition) is 1. The Bertz CT molecular complexity index is 1120. The smallest absolute Gasteiger partial charge is 0.335 e. The number of carboxylic acid groups (broad SMARTS) is 1. The van der Waals surface area contributed by atoms with Gasteiger partial charge in [0.25, 0.3) is 5.56 Å². The number of pyridine rings is 1. The summed E-state index contributed by atoms with van der Waals surface area (Å²) in [6.45, 7) is 0.641. The predicted molar refractivity (Wildman–Crippen MR) is 112 cm³/mol. The lowest BCUT2D eigenvalue weighted by Gasteiger charge is -2.19. The van der Waals surface area contributed by atoms with E-state index in [9.17, 15) is 14.7 Å². The molecule has 0 aliphatic rings. The van der Waals surface area contributed by atoms with Gasteiger partial charge in [0.2, 0.25) is 0 Å². The molecule has 3 aromatic rings. The molecule has 0 fully saturated rings. The van der Waals surface area contributed by atoms with Gasteiger partial charge in [-0.05, 0) is 49.3 Å². The first-order valence-electron chi connectivity index (χ1n) is 9.03. The standard InChI is InChI=1S/C22H24N2O5/c1-23(2)11-18-19(28-4)9-14(10-20(18)29-5)17-12-24(3)21(25)16-8-13(22(26)27)6-7-15(16)17/h6-10,12H,11H2,1-5H3,(H,26,27). The Hall–Kier alpha value is -3.32. The summed E-state index contributed by atoms with van der Waals surface area (Å²) in [5.41, 5.74) is 2.33. The van der Waals surface area contributed by atoms with Crippen LogP contribution < -0.4 is 15.0 Å². The summed E-state index contributed by atoms with van der Waals surface area (Å²) in [6.07, 6.45) is 1.74. The lowest BCUT2D eigenvalue weighted by molar-refractivity contribution is 0.0697. The molecule has 1 N–H and O–H groups in total. The highest BCUT2D eigenvalue weighted by molar-refractivity contribution is 6.00. The molecule has 0 aliphatic carbocycles. The lowest BCUT2D eigenvalue weighted by atomic mass is 9.97. The second kappa shape index (κ2) is 7.97. The average Bonchev–Trinajstić information content (AvgIpc) is 2.70. The molecule has 0 aliphatic heterocycles. The molecule has 0 saturated carbocycles. The minimum atomic E-state index is -1.07. The van der Waals surface area contributed by atoms with E-state index in [0.29, 0.717) is 28.8 Å². The fourth-order valence-corrected chi connectivity index (χ4v) is 3.44. The highest BCUT2D eigenvalue weighted by Gasteiger charge is 2.17. The number of fused-ring (bicyclic) bond motifs is 1. The van der Waals surface area contributed by atoms with Crippen LogP contribution in [0.2, 0.25) is 0 Å². The Labute approximate surface area is 168 Å². The van der Waals surface area contributed by atoms with Gasteiger partial charge in [-0.3, -0.25) is 4.79 Å². The van der Waals surface area contributed by atoms with Crippen LogP contribution in [0.4, 0.5) is 0 Å². The van der Waals surface area contributed by atoms with Crippen LogP contribution in [0.25, 0.3) is 21.9 Å². The summed E-state index contributed by atoms with van der Waals surface area (Å²) in [5, 5.41) is 10.3. The summed E-state index contributed by atoms with van der Waals surface area (Å²) in [7, 11) is 8.79. The fraction of sp³-hybridized carbons (Fsp3) is 0.273. The van der Waals surface area contributed by atoms with Gasteiger partial charge in [0.05, 0.1) is 25.3 Å². The van der Waals surface area contributed by atoms with Gasteiger partial charge in [-0.15, -0.1) is 0 Å². The zero-order valence-corrected chi connectivity index (χ0v) is 17.1. The molecule has 0 bridgehead atoms. The van der Waals surface area contributed by atoms with E-state index in [-0.39, 0.29) is 11.1 Å². The van der Waals surface area contributed by atoms with Crippen molar-refractivity contribution < 1.29 is 19.4 Å². The predicted octanol–water partition coefficient (Wildman–Crippen LogP) is 2.98. The third kappa shape index (κ3) is 3.82. The number of aromatic nitrogens is 1. The Morgan fingerprint density at radius 2 is 1.69 bits per heavy atom. The summed E-state index contributed by atoms with van der Waals surface area (Å²) in [5.74, 6) is 0.283. The normalized spacial score (nSPS) is 11.1. The molecule has 29 heavy (non-hydrogen) atoms. The molecule has 0 spiro atoms. The highest BCUT2D eigenvalue weighted by Crippen LogP contribution is 2.37. The first-order chi connectivity index (χ1) is 13.8. The SMILES string of the molecule is COc1cc(-c2cn(C)c(=O)c3cc(C(=O)O)ccc23)cc(OC)c1CN(C)C. The third-order valence-corrected chi connectivity index (χ3v) is 4.82. The van der Waals surface area contributed by atoms with Crippen LogP contribution in [0, 0.1) is 0 Å². The van der Waals surface area contributed by atoms with Gasteiger partial charge in [0, 0.05) is 30.7 Å². The molecule has 7 nitrogen and oxygen atoms in total. The van der Waals surface area contributed by atoms with E-state index in [2.05, 4.69) is 0 Å². The molecular weight excluding hydrogens is 372 g/mol. The van der Waals surface area contributed by atoms with Crippen molar-refractivity contribution in [1.82, 2.24) is 9.47 Å². The molecule has 0 atom stereocenters. The number of aromatic carboxylic acids is 1. The third-order valence-electron chi connectivity index (χ3n) is 4.82. The quantitative estimate of drug-likeness (QED) is 0.690. The molecule has 1 aromatic heterocycles. The van der Waals surface area contributed by atoms with E-state index in [0.717, 1.165) is 16.7 Å².